The molecule has 0 spiro atoms. The van der Waals surface area contributed by atoms with Gasteiger partial charge in [-0.2, -0.15) is 0 Å². The Hall–Kier alpha value is -4.30. The molecule has 0 saturated heterocycles. The van der Waals surface area contributed by atoms with E-state index in [2.05, 4.69) is 109 Å². The fourth-order valence-electron chi connectivity index (χ4n) is 5.47. The lowest BCUT2D eigenvalue weighted by molar-refractivity contribution is 0.670. The van der Waals surface area contributed by atoms with Gasteiger partial charge in [0.2, 0.25) is 0 Å². The van der Waals surface area contributed by atoms with Gasteiger partial charge in [0, 0.05) is 32.8 Å². The largest absolute Gasteiger partial charge is 0.455 e. The van der Waals surface area contributed by atoms with Gasteiger partial charge in [0.15, 0.2) is 0 Å². The second-order valence-corrected chi connectivity index (χ2v) is 9.21. The van der Waals surface area contributed by atoms with Gasteiger partial charge < -0.3 is 8.98 Å². The average molecular weight is 438 g/mol. The molecule has 0 saturated carbocycles. The van der Waals surface area contributed by atoms with E-state index in [0.717, 1.165) is 33.1 Å². The van der Waals surface area contributed by atoms with Crippen LogP contribution in [0.5, 0.6) is 0 Å². The van der Waals surface area contributed by atoms with Crippen LogP contribution in [0.25, 0.3) is 60.6 Å². The van der Waals surface area contributed by atoms with Crippen LogP contribution in [0, 0.1) is 13.8 Å². The van der Waals surface area contributed by atoms with E-state index in [1.165, 1.54) is 38.6 Å². The highest BCUT2D eigenvalue weighted by atomic mass is 16.3. The zero-order valence-electron chi connectivity index (χ0n) is 19.2. The summed E-state index contributed by atoms with van der Waals surface area (Å²) in [6.45, 7) is 4.33. The van der Waals surface area contributed by atoms with Crippen molar-refractivity contribution in [1.82, 2.24) is 4.57 Å². The van der Waals surface area contributed by atoms with Gasteiger partial charge in [0.25, 0.3) is 0 Å². The number of hydrogen-bond donors (Lipinski definition) is 0. The monoisotopic (exact) mass is 437 g/mol. The Labute approximate surface area is 197 Å². The molecule has 2 nitrogen and oxygen atoms in total. The normalized spacial score (nSPS) is 11.8. The lowest BCUT2D eigenvalue weighted by Crippen LogP contribution is -1.95. The standard InChI is InChI=1S/C32H23NO/c1-20-16-21(2)18-23(17-20)33-29-12-5-3-8-25(29)26-15-14-22(19-30(26)33)24-10-7-11-28-27-9-4-6-13-31(27)34-32(24)28/h3-19H,1-2H3. The molecule has 2 aromatic heterocycles. The van der Waals surface area contributed by atoms with Gasteiger partial charge in [-0.05, 0) is 60.9 Å². The van der Waals surface area contributed by atoms with Crippen molar-refractivity contribution >= 4 is 43.7 Å². The molecular formula is C32H23NO. The highest BCUT2D eigenvalue weighted by Crippen LogP contribution is 2.39. The fourth-order valence-corrected chi connectivity index (χ4v) is 5.47. The lowest BCUT2D eigenvalue weighted by atomic mass is 10.0. The van der Waals surface area contributed by atoms with Crippen molar-refractivity contribution < 1.29 is 4.42 Å². The molecule has 0 aliphatic rings. The summed E-state index contributed by atoms with van der Waals surface area (Å²) in [7, 11) is 0. The minimum absolute atomic E-state index is 0.926. The number of aromatic nitrogens is 1. The first-order valence-electron chi connectivity index (χ1n) is 11.7. The first kappa shape index (κ1) is 19.2. The summed E-state index contributed by atoms with van der Waals surface area (Å²) in [5, 5.41) is 4.84. The van der Waals surface area contributed by atoms with Gasteiger partial charge in [-0.1, -0.05) is 72.8 Å². The highest BCUT2D eigenvalue weighted by molar-refractivity contribution is 6.12. The third-order valence-electron chi connectivity index (χ3n) is 6.85. The maximum absolute atomic E-state index is 6.35. The third kappa shape index (κ3) is 2.75. The van der Waals surface area contributed by atoms with E-state index in [1.807, 2.05) is 12.1 Å². The van der Waals surface area contributed by atoms with Crippen molar-refractivity contribution in [2.24, 2.45) is 0 Å². The smallest absolute Gasteiger partial charge is 0.143 e. The summed E-state index contributed by atoms with van der Waals surface area (Å²) in [6.07, 6.45) is 0. The first-order valence-corrected chi connectivity index (χ1v) is 11.7. The Morgan fingerprint density at radius 3 is 2.12 bits per heavy atom. The number of furan rings is 1. The van der Waals surface area contributed by atoms with Gasteiger partial charge in [-0.25, -0.2) is 0 Å². The molecule has 0 atom stereocenters. The molecule has 7 rings (SSSR count). The van der Waals surface area contributed by atoms with Gasteiger partial charge in [-0.3, -0.25) is 0 Å². The molecule has 2 heterocycles. The van der Waals surface area contributed by atoms with E-state index in [-0.39, 0.29) is 0 Å². The first-order chi connectivity index (χ1) is 16.7. The summed E-state index contributed by atoms with van der Waals surface area (Å²) in [5.74, 6) is 0. The highest BCUT2D eigenvalue weighted by Gasteiger charge is 2.16. The van der Waals surface area contributed by atoms with Crippen LogP contribution >= 0.6 is 0 Å². The number of hydrogen-bond acceptors (Lipinski definition) is 1. The van der Waals surface area contributed by atoms with Crippen LogP contribution < -0.4 is 0 Å². The maximum Gasteiger partial charge on any atom is 0.143 e. The molecule has 0 N–H and O–H groups in total. The van der Waals surface area contributed by atoms with E-state index < -0.39 is 0 Å². The maximum atomic E-state index is 6.35. The lowest BCUT2D eigenvalue weighted by Gasteiger charge is -2.11. The molecule has 2 heteroatoms. The van der Waals surface area contributed by atoms with Crippen LogP contribution in [0.1, 0.15) is 11.1 Å². The molecule has 34 heavy (non-hydrogen) atoms. The molecule has 5 aromatic carbocycles. The van der Waals surface area contributed by atoms with Crippen LogP contribution in [-0.2, 0) is 0 Å². The zero-order chi connectivity index (χ0) is 22.8. The van der Waals surface area contributed by atoms with Crippen molar-refractivity contribution in [3.8, 4) is 16.8 Å². The summed E-state index contributed by atoms with van der Waals surface area (Å²) in [4.78, 5) is 0. The topological polar surface area (TPSA) is 18.1 Å². The van der Waals surface area contributed by atoms with Crippen molar-refractivity contribution in [3.05, 3.63) is 114 Å². The van der Waals surface area contributed by atoms with E-state index in [0.29, 0.717) is 0 Å². The van der Waals surface area contributed by atoms with Crippen molar-refractivity contribution in [2.45, 2.75) is 13.8 Å². The Morgan fingerprint density at radius 1 is 0.559 bits per heavy atom. The van der Waals surface area contributed by atoms with Crippen molar-refractivity contribution in [1.29, 1.82) is 0 Å². The van der Waals surface area contributed by atoms with Crippen molar-refractivity contribution in [3.63, 3.8) is 0 Å². The number of fused-ring (bicyclic) bond motifs is 6. The molecule has 0 amide bonds. The average Bonchev–Trinajstić information content (AvgIpc) is 3.39. The minimum atomic E-state index is 0.926. The predicted octanol–water partition coefficient (Wildman–Crippen LogP) is 8.97. The molecule has 0 radical (unpaired) electrons. The van der Waals surface area contributed by atoms with Gasteiger partial charge in [0.1, 0.15) is 11.2 Å². The SMILES string of the molecule is Cc1cc(C)cc(-n2c3ccccc3c3ccc(-c4cccc5c4oc4ccccc45)cc32)c1. The van der Waals surface area contributed by atoms with E-state index in [1.54, 1.807) is 0 Å². The number of benzene rings is 5. The Bertz CT molecular complexity index is 1860. The van der Waals surface area contributed by atoms with Crippen molar-refractivity contribution in [2.75, 3.05) is 0 Å². The molecule has 0 aliphatic heterocycles. The van der Waals surface area contributed by atoms with Crippen LogP contribution in [0.15, 0.2) is 108 Å². The number of nitrogens with zero attached hydrogens (tertiary/aromatic N) is 1. The Balaban J connectivity index is 1.56. The molecular weight excluding hydrogens is 414 g/mol. The zero-order valence-corrected chi connectivity index (χ0v) is 19.2. The summed E-state index contributed by atoms with van der Waals surface area (Å²) >= 11 is 0. The molecule has 0 bridgehead atoms. The van der Waals surface area contributed by atoms with Crippen LogP contribution in [0.3, 0.4) is 0 Å². The summed E-state index contributed by atoms with van der Waals surface area (Å²) < 4.78 is 8.74. The molecule has 0 unspecified atom stereocenters. The van der Waals surface area contributed by atoms with Crippen LogP contribution in [0.2, 0.25) is 0 Å². The van der Waals surface area contributed by atoms with Crippen LogP contribution in [-0.4, -0.2) is 4.57 Å². The quantitative estimate of drug-likeness (QED) is 0.264. The minimum Gasteiger partial charge on any atom is -0.455 e. The molecule has 162 valence electrons. The number of para-hydroxylation sites is 3. The van der Waals surface area contributed by atoms with E-state index >= 15 is 0 Å². The second-order valence-electron chi connectivity index (χ2n) is 9.21. The van der Waals surface area contributed by atoms with E-state index in [4.69, 9.17) is 4.42 Å². The summed E-state index contributed by atoms with van der Waals surface area (Å²) in [6, 6.07) is 36.9. The second kappa shape index (κ2) is 7.10. The fraction of sp³-hybridized carbons (Fsp3) is 0.0625. The molecule has 7 aromatic rings. The summed E-state index contributed by atoms with van der Waals surface area (Å²) in [5.41, 5.74) is 10.3. The third-order valence-corrected chi connectivity index (χ3v) is 6.85. The Morgan fingerprint density at radius 2 is 1.26 bits per heavy atom. The van der Waals surface area contributed by atoms with Gasteiger partial charge in [-0.15, -0.1) is 0 Å². The predicted molar refractivity (Wildman–Crippen MR) is 143 cm³/mol. The Kier molecular flexibility index (Phi) is 4.01. The molecule has 0 fully saturated rings. The van der Waals surface area contributed by atoms with E-state index in [9.17, 15) is 0 Å². The molecule has 0 aliphatic carbocycles. The van der Waals surface area contributed by atoms with Gasteiger partial charge >= 0.3 is 0 Å². The van der Waals surface area contributed by atoms with Crippen LogP contribution in [0.4, 0.5) is 0 Å². The van der Waals surface area contributed by atoms with Gasteiger partial charge in [0.05, 0.1) is 11.0 Å². The number of aryl methyl sites for hydroxylation is 2. The number of rotatable bonds is 2.